The van der Waals surface area contributed by atoms with Crippen LogP contribution in [-0.4, -0.2) is 34.9 Å². The van der Waals surface area contributed by atoms with Gasteiger partial charge in [-0.1, -0.05) is 0 Å². The number of nitrogens with one attached hydrogen (secondary N) is 2. The average Bonchev–Trinajstić information content (AvgIpc) is 3.33. The smallest absolute Gasteiger partial charge is 0.397 e. The first-order chi connectivity index (χ1) is 17.6. The number of nitrogens with zero attached hydrogens (tertiary/aromatic N) is 2. The van der Waals surface area contributed by atoms with Crippen LogP contribution in [0.2, 0.25) is 0 Å². The van der Waals surface area contributed by atoms with Gasteiger partial charge < -0.3 is 21.1 Å². The van der Waals surface area contributed by atoms with E-state index < -0.39 is 23.0 Å². The minimum atomic E-state index is -4.74. The number of Topliss-reactive ketones (excluding diaryl/α,β-unsaturated/α-hetero) is 1. The second-order valence-electron chi connectivity index (χ2n) is 8.72. The van der Waals surface area contributed by atoms with Crippen LogP contribution in [0.4, 0.5) is 34.6 Å². The van der Waals surface area contributed by atoms with Gasteiger partial charge in [-0.25, -0.2) is 4.39 Å². The number of hydrogen-bond donors (Lipinski definition) is 3. The lowest BCUT2D eigenvalue weighted by Crippen LogP contribution is -2.42. The third-order valence-corrected chi connectivity index (χ3v) is 5.99. The number of pyridine rings is 2. The predicted octanol–water partition coefficient (Wildman–Crippen LogP) is 4.26. The summed E-state index contributed by atoms with van der Waals surface area (Å²) in [5.41, 5.74) is 4.51. The number of aromatic nitrogens is 2. The van der Waals surface area contributed by atoms with E-state index in [-0.39, 0.29) is 42.6 Å². The van der Waals surface area contributed by atoms with E-state index in [1.807, 2.05) is 0 Å². The second kappa shape index (κ2) is 10.5. The number of hydrogen-bond acceptors (Lipinski definition) is 7. The number of carbonyl (C=O) groups excluding carboxylic acids is 2. The van der Waals surface area contributed by atoms with Crippen molar-refractivity contribution in [3.05, 3.63) is 77.6 Å². The Bertz CT molecular complexity index is 1290. The second-order valence-corrected chi connectivity index (χ2v) is 8.72. The molecule has 1 fully saturated rings. The molecular formula is C25H23F4N5O3. The fraction of sp³-hybridized carbons (Fsp3) is 0.280. The molecule has 4 N–H and O–H groups in total. The van der Waals surface area contributed by atoms with Gasteiger partial charge in [0.15, 0.2) is 5.78 Å². The first kappa shape index (κ1) is 26.0. The third-order valence-electron chi connectivity index (χ3n) is 5.99. The topological polar surface area (TPSA) is 119 Å². The Morgan fingerprint density at radius 3 is 2.57 bits per heavy atom. The Morgan fingerprint density at radius 2 is 1.92 bits per heavy atom. The normalized spacial score (nSPS) is 17.4. The number of nitrogen functional groups attached to an aromatic ring is 1. The molecule has 0 radical (unpaired) electrons. The Hall–Kier alpha value is -4.06. The highest BCUT2D eigenvalue weighted by atomic mass is 19.4. The largest absolute Gasteiger partial charge is 0.418 e. The first-order valence-corrected chi connectivity index (χ1v) is 11.2. The average molecular weight is 517 g/mol. The number of ketones is 1. The van der Waals surface area contributed by atoms with Gasteiger partial charge in [-0.3, -0.25) is 19.6 Å². The highest BCUT2D eigenvalue weighted by Gasteiger charge is 2.44. The summed E-state index contributed by atoms with van der Waals surface area (Å²) in [5, 5.41) is 5.36. The monoisotopic (exact) mass is 517 g/mol. The van der Waals surface area contributed by atoms with E-state index in [1.165, 1.54) is 36.8 Å². The molecule has 3 aromatic rings. The standard InChI is InChI=1S/C25H23F4N5O3/c26-16-1-4-21(20(8-16)25(27,28)29)34-19-3-2-18(32-13-19)12-33-23(36)24(5-6-37-14-24)9-22(35)15-7-17(30)11-31-10-15/h1-4,7-8,10-11,13,34H,5-6,9,12,14,30H2,(H,33,36)/t24-/m0/s1. The Morgan fingerprint density at radius 1 is 1.11 bits per heavy atom. The summed E-state index contributed by atoms with van der Waals surface area (Å²) in [4.78, 5) is 34.0. The van der Waals surface area contributed by atoms with Crippen LogP contribution in [0.1, 0.15) is 34.5 Å². The maximum atomic E-state index is 13.3. The zero-order valence-corrected chi connectivity index (χ0v) is 19.4. The number of benzene rings is 1. The molecule has 0 saturated carbocycles. The maximum absolute atomic E-state index is 13.3. The van der Waals surface area contributed by atoms with Gasteiger partial charge in [-0.15, -0.1) is 0 Å². The van der Waals surface area contributed by atoms with E-state index >= 15 is 0 Å². The van der Waals surface area contributed by atoms with Crippen LogP contribution in [-0.2, 0) is 22.3 Å². The van der Waals surface area contributed by atoms with Gasteiger partial charge in [0, 0.05) is 31.0 Å². The van der Waals surface area contributed by atoms with E-state index in [0.29, 0.717) is 36.0 Å². The van der Waals surface area contributed by atoms with Crippen molar-refractivity contribution in [2.75, 3.05) is 24.3 Å². The molecule has 3 heterocycles. The number of ether oxygens (including phenoxy) is 1. The molecule has 1 atom stereocenters. The summed E-state index contributed by atoms with van der Waals surface area (Å²) in [5.74, 6) is -1.66. The van der Waals surface area contributed by atoms with Crippen molar-refractivity contribution in [2.24, 2.45) is 5.41 Å². The molecule has 1 aromatic carbocycles. The van der Waals surface area contributed by atoms with Gasteiger partial charge in [0.05, 0.1) is 53.1 Å². The number of rotatable bonds is 8. The van der Waals surface area contributed by atoms with Crippen LogP contribution >= 0.6 is 0 Å². The minimum Gasteiger partial charge on any atom is -0.397 e. The van der Waals surface area contributed by atoms with Gasteiger partial charge in [-0.05, 0) is 42.8 Å². The maximum Gasteiger partial charge on any atom is 0.418 e. The summed E-state index contributed by atoms with van der Waals surface area (Å²) < 4.78 is 58.4. The van der Waals surface area contributed by atoms with Crippen molar-refractivity contribution >= 4 is 28.8 Å². The molecule has 1 aliphatic heterocycles. The summed E-state index contributed by atoms with van der Waals surface area (Å²) in [6.45, 7) is 0.437. The van der Waals surface area contributed by atoms with E-state index in [1.54, 1.807) is 0 Å². The van der Waals surface area contributed by atoms with Crippen LogP contribution < -0.4 is 16.4 Å². The van der Waals surface area contributed by atoms with Gasteiger partial charge in [0.1, 0.15) is 5.82 Å². The van der Waals surface area contributed by atoms with Gasteiger partial charge >= 0.3 is 6.18 Å². The van der Waals surface area contributed by atoms with Crippen LogP contribution in [0.5, 0.6) is 0 Å². The number of anilines is 3. The molecule has 12 heteroatoms. The first-order valence-electron chi connectivity index (χ1n) is 11.2. The number of halogens is 4. The molecule has 0 bridgehead atoms. The zero-order chi connectivity index (χ0) is 26.6. The number of alkyl halides is 3. The van der Waals surface area contributed by atoms with Gasteiger partial charge in [-0.2, -0.15) is 13.2 Å². The fourth-order valence-electron chi connectivity index (χ4n) is 4.00. The van der Waals surface area contributed by atoms with Crippen molar-refractivity contribution < 1.29 is 31.9 Å². The molecule has 37 heavy (non-hydrogen) atoms. The van der Waals surface area contributed by atoms with Crippen molar-refractivity contribution in [3.8, 4) is 0 Å². The van der Waals surface area contributed by atoms with E-state index in [2.05, 4.69) is 20.6 Å². The summed E-state index contributed by atoms with van der Waals surface area (Å²) in [6.07, 6.45) is -0.359. The predicted molar refractivity (Wildman–Crippen MR) is 126 cm³/mol. The lowest BCUT2D eigenvalue weighted by molar-refractivity contribution is -0.137. The summed E-state index contributed by atoms with van der Waals surface area (Å²) in [6, 6.07) is 6.85. The van der Waals surface area contributed by atoms with Crippen LogP contribution in [0.25, 0.3) is 0 Å². The Labute approximate surface area is 209 Å². The number of amides is 1. The van der Waals surface area contributed by atoms with Crippen LogP contribution in [0.3, 0.4) is 0 Å². The SMILES string of the molecule is Nc1cncc(C(=O)C[C@@]2(C(=O)NCc3ccc(Nc4ccc(F)cc4C(F)(F)F)cn3)CCOC2)c1. The summed E-state index contributed by atoms with van der Waals surface area (Å²) >= 11 is 0. The minimum absolute atomic E-state index is 0.0270. The fourth-order valence-corrected chi connectivity index (χ4v) is 4.00. The Kier molecular flexibility index (Phi) is 7.39. The molecule has 4 rings (SSSR count). The van der Waals surface area contributed by atoms with Crippen molar-refractivity contribution in [2.45, 2.75) is 25.6 Å². The van der Waals surface area contributed by atoms with Crippen LogP contribution in [0, 0.1) is 11.2 Å². The van der Waals surface area contributed by atoms with Crippen molar-refractivity contribution in [1.29, 1.82) is 0 Å². The number of carbonyl (C=O) groups is 2. The molecule has 0 aliphatic carbocycles. The van der Waals surface area contributed by atoms with E-state index in [9.17, 15) is 27.2 Å². The van der Waals surface area contributed by atoms with Gasteiger partial charge in [0.2, 0.25) is 5.91 Å². The van der Waals surface area contributed by atoms with E-state index in [4.69, 9.17) is 10.5 Å². The van der Waals surface area contributed by atoms with Crippen molar-refractivity contribution in [1.82, 2.24) is 15.3 Å². The lowest BCUT2D eigenvalue weighted by Gasteiger charge is -2.25. The molecule has 1 saturated heterocycles. The molecule has 1 aliphatic rings. The molecule has 1 amide bonds. The summed E-state index contributed by atoms with van der Waals surface area (Å²) in [7, 11) is 0. The van der Waals surface area contributed by atoms with Gasteiger partial charge in [0.25, 0.3) is 0 Å². The van der Waals surface area contributed by atoms with Crippen LogP contribution in [0.15, 0.2) is 55.0 Å². The molecule has 194 valence electrons. The highest BCUT2D eigenvalue weighted by molar-refractivity contribution is 6.00. The highest BCUT2D eigenvalue weighted by Crippen LogP contribution is 2.37. The molecular weight excluding hydrogens is 494 g/mol. The quantitative estimate of drug-likeness (QED) is 0.302. The number of nitrogens with two attached hydrogens (primary N) is 1. The third kappa shape index (κ3) is 6.20. The molecule has 0 spiro atoms. The van der Waals surface area contributed by atoms with E-state index in [0.717, 1.165) is 12.1 Å². The molecule has 8 nitrogen and oxygen atoms in total. The Balaban J connectivity index is 1.40. The zero-order valence-electron chi connectivity index (χ0n) is 19.4. The molecule has 2 aromatic heterocycles. The lowest BCUT2D eigenvalue weighted by atomic mass is 9.80. The van der Waals surface area contributed by atoms with Crippen molar-refractivity contribution in [3.63, 3.8) is 0 Å². The molecule has 0 unspecified atom stereocenters.